The van der Waals surface area contributed by atoms with Crippen LogP contribution in [-0.4, -0.2) is 58.3 Å². The van der Waals surface area contributed by atoms with E-state index in [4.69, 9.17) is 9.84 Å². The van der Waals surface area contributed by atoms with Crippen molar-refractivity contribution in [2.45, 2.75) is 39.2 Å². The molecule has 0 unspecified atom stereocenters. The van der Waals surface area contributed by atoms with Crippen LogP contribution < -0.4 is 10.1 Å². The number of benzene rings is 1. The number of carbonyl (C=O) groups is 1. The number of piperidine rings is 1. The number of likely N-dealkylation sites (tertiary alicyclic amines) is 1. The van der Waals surface area contributed by atoms with Gasteiger partial charge in [0.05, 0.1) is 23.2 Å². The second-order valence-electron chi connectivity index (χ2n) is 6.01. The van der Waals surface area contributed by atoms with Crippen LogP contribution in [0.5, 0.6) is 5.75 Å². The zero-order chi connectivity index (χ0) is 19.0. The monoisotopic (exact) mass is 382 g/mol. The number of aliphatic hydroxyl groups is 1. The Kier molecular flexibility index (Phi) is 12.4. The molecule has 7 heteroatoms. The first-order valence-electron chi connectivity index (χ1n) is 9.14. The Morgan fingerprint density at radius 3 is 2.77 bits per heavy atom. The van der Waals surface area contributed by atoms with E-state index in [1.807, 2.05) is 12.1 Å². The third kappa shape index (κ3) is 10.3. The predicted molar refractivity (Wildman–Crippen MR) is 106 cm³/mol. The Bertz CT molecular complexity index is 570. The van der Waals surface area contributed by atoms with Crippen LogP contribution in [-0.2, 0) is 22.6 Å². The average molecular weight is 383 g/mol. The Morgan fingerprint density at radius 1 is 1.35 bits per heavy atom. The van der Waals surface area contributed by atoms with E-state index in [1.54, 1.807) is 6.92 Å². The summed E-state index contributed by atoms with van der Waals surface area (Å²) in [5.41, 5.74) is 1.28. The lowest BCUT2D eigenvalue weighted by molar-refractivity contribution is -0.114. The highest BCUT2D eigenvalue weighted by Gasteiger charge is 2.10. The molecule has 0 bridgehead atoms. The third-order valence-corrected chi connectivity index (χ3v) is 4.11. The van der Waals surface area contributed by atoms with Gasteiger partial charge in [-0.1, -0.05) is 18.6 Å². The molecule has 6 nitrogen and oxygen atoms in total. The number of carbonyl (C=O) groups excluding carboxylic acids is 1. The van der Waals surface area contributed by atoms with E-state index < -0.39 is 0 Å². The summed E-state index contributed by atoms with van der Waals surface area (Å²) in [4.78, 5) is 13.6. The molecule has 0 aromatic heterocycles. The molecule has 1 aliphatic rings. The Balaban J connectivity index is 0.00000105. The van der Waals surface area contributed by atoms with E-state index in [0.717, 1.165) is 17.7 Å². The molecule has 0 spiro atoms. The minimum Gasteiger partial charge on any atom is -0.494 e. The molecule has 1 saturated heterocycles. The van der Waals surface area contributed by atoms with Crippen LogP contribution in [0.4, 0.5) is 0 Å². The van der Waals surface area contributed by atoms with Crippen molar-refractivity contribution in [3.05, 3.63) is 29.8 Å². The van der Waals surface area contributed by atoms with Crippen LogP contribution in [0.2, 0.25) is 0 Å². The molecule has 146 valence electrons. The van der Waals surface area contributed by atoms with Crippen molar-refractivity contribution in [2.75, 3.05) is 32.8 Å². The molecule has 1 heterocycles. The summed E-state index contributed by atoms with van der Waals surface area (Å²) < 4.78 is 15.9. The van der Waals surface area contributed by atoms with Gasteiger partial charge in [0.1, 0.15) is 5.75 Å². The van der Waals surface area contributed by atoms with Gasteiger partial charge < -0.3 is 15.2 Å². The molecule has 0 aliphatic carbocycles. The Morgan fingerprint density at radius 2 is 2.08 bits per heavy atom. The fourth-order valence-electron chi connectivity index (χ4n) is 2.67. The maximum Gasteiger partial charge on any atom is 0.257 e. The van der Waals surface area contributed by atoms with Crippen molar-refractivity contribution < 1.29 is 18.8 Å². The molecule has 2 rings (SSSR count). The highest BCUT2D eigenvalue weighted by atomic mass is 32.1. The first-order chi connectivity index (χ1) is 12.7. The smallest absolute Gasteiger partial charge is 0.257 e. The number of hydrogen-bond donors (Lipinski definition) is 2. The van der Waals surface area contributed by atoms with Crippen LogP contribution in [0.3, 0.4) is 0 Å². The molecule has 2 N–H and O–H groups in total. The lowest BCUT2D eigenvalue weighted by Gasteiger charge is -2.26. The van der Waals surface area contributed by atoms with Crippen molar-refractivity contribution in [2.24, 2.45) is 0 Å². The van der Waals surface area contributed by atoms with Crippen molar-refractivity contribution in [1.82, 2.24) is 10.2 Å². The van der Waals surface area contributed by atoms with Crippen LogP contribution in [0, 0.1) is 0 Å². The van der Waals surface area contributed by atoms with Gasteiger partial charge in [-0.3, -0.25) is 9.69 Å². The normalized spacial score (nSPS) is 13.9. The topological polar surface area (TPSA) is 78.9 Å². The second kappa shape index (κ2) is 14.5. The van der Waals surface area contributed by atoms with E-state index in [1.165, 1.54) is 37.9 Å². The van der Waals surface area contributed by atoms with Gasteiger partial charge in [-0.05, 0) is 57.0 Å². The minimum atomic E-state index is -0.339. The number of nitrogens with one attached hydrogen (secondary N) is 1. The molecule has 1 aromatic rings. The molecular weight excluding hydrogens is 352 g/mol. The van der Waals surface area contributed by atoms with Gasteiger partial charge in [0.15, 0.2) is 0 Å². The van der Waals surface area contributed by atoms with Crippen molar-refractivity contribution in [1.29, 1.82) is 0 Å². The number of amides is 1. The maximum absolute atomic E-state index is 11.1. The maximum atomic E-state index is 11.1. The third-order valence-electron chi connectivity index (χ3n) is 3.80. The molecule has 1 fully saturated rings. The molecule has 0 atom stereocenters. The summed E-state index contributed by atoms with van der Waals surface area (Å²) in [5.74, 6) is 0.529. The van der Waals surface area contributed by atoms with Gasteiger partial charge in [0.2, 0.25) is 0 Å². The standard InChI is InChI=1S/C17H24N2O3S.C2H6O/c20-17(14-23-21)18-8-5-11-22-16-7-4-6-15(12-16)13-19-9-2-1-3-10-19;1-2-3/h4,6-7,12,14H,1-3,5,8-11,13H2,(H,18,20);3H,2H2,1H3. The summed E-state index contributed by atoms with van der Waals surface area (Å²) in [6.45, 7) is 6.32. The van der Waals surface area contributed by atoms with Gasteiger partial charge in [-0.25, -0.2) is 4.21 Å². The van der Waals surface area contributed by atoms with E-state index in [9.17, 15) is 9.00 Å². The first-order valence-corrected chi connectivity index (χ1v) is 9.94. The van der Waals surface area contributed by atoms with Crippen LogP contribution in [0.25, 0.3) is 0 Å². The summed E-state index contributed by atoms with van der Waals surface area (Å²) in [5, 5.41) is 11.2. The highest BCUT2D eigenvalue weighted by molar-refractivity contribution is 7.66. The van der Waals surface area contributed by atoms with Gasteiger partial charge in [-0.2, -0.15) is 0 Å². The fraction of sp³-hybridized carbons (Fsp3) is 0.579. The van der Waals surface area contributed by atoms with Crippen LogP contribution in [0.15, 0.2) is 24.3 Å². The second-order valence-corrected chi connectivity index (χ2v) is 6.44. The lowest BCUT2D eigenvalue weighted by atomic mass is 10.1. The average Bonchev–Trinajstić information content (AvgIpc) is 2.63. The lowest BCUT2D eigenvalue weighted by Crippen LogP contribution is -2.29. The van der Waals surface area contributed by atoms with Crippen molar-refractivity contribution >= 4 is 22.5 Å². The Labute approximate surface area is 159 Å². The minimum absolute atomic E-state index is 0.164. The zero-order valence-electron chi connectivity index (χ0n) is 15.5. The SMILES string of the molecule is CCO.O=S=CC(=O)NCCCOc1cccc(CN2CCCCC2)c1. The summed E-state index contributed by atoms with van der Waals surface area (Å²) in [6.07, 6.45) is 4.65. The largest absolute Gasteiger partial charge is 0.494 e. The molecular formula is C19H30N2O4S. The predicted octanol–water partition coefficient (Wildman–Crippen LogP) is 1.57. The molecule has 0 saturated carbocycles. The van der Waals surface area contributed by atoms with Crippen LogP contribution >= 0.6 is 0 Å². The fourth-order valence-corrected chi connectivity index (χ4v) is 2.84. The van der Waals surface area contributed by atoms with Gasteiger partial charge in [0.25, 0.3) is 5.91 Å². The molecule has 0 radical (unpaired) electrons. The van der Waals surface area contributed by atoms with E-state index in [2.05, 4.69) is 22.3 Å². The van der Waals surface area contributed by atoms with Crippen molar-refractivity contribution in [3.8, 4) is 5.75 Å². The summed E-state index contributed by atoms with van der Waals surface area (Å²) >= 11 is 0.164. The Hall–Kier alpha value is -1.70. The van der Waals surface area contributed by atoms with Gasteiger partial charge >= 0.3 is 0 Å². The molecule has 26 heavy (non-hydrogen) atoms. The molecule has 1 amide bonds. The highest BCUT2D eigenvalue weighted by Crippen LogP contribution is 2.17. The number of aliphatic hydroxyl groups excluding tert-OH is 1. The number of hydrogen-bond acceptors (Lipinski definition) is 5. The molecule has 1 aromatic carbocycles. The van der Waals surface area contributed by atoms with Gasteiger partial charge in [0, 0.05) is 19.7 Å². The van der Waals surface area contributed by atoms with E-state index in [0.29, 0.717) is 19.6 Å². The number of ether oxygens (including phenoxy) is 1. The van der Waals surface area contributed by atoms with Crippen molar-refractivity contribution in [3.63, 3.8) is 0 Å². The first kappa shape index (κ1) is 22.3. The van der Waals surface area contributed by atoms with E-state index >= 15 is 0 Å². The molecule has 1 aliphatic heterocycles. The van der Waals surface area contributed by atoms with Crippen LogP contribution in [0.1, 0.15) is 38.2 Å². The summed E-state index contributed by atoms with van der Waals surface area (Å²) in [7, 11) is 0. The number of rotatable bonds is 8. The number of nitrogens with zero attached hydrogens (tertiary/aromatic N) is 1. The van der Waals surface area contributed by atoms with Gasteiger partial charge in [-0.15, -0.1) is 0 Å². The quantitative estimate of drug-likeness (QED) is 0.527. The summed E-state index contributed by atoms with van der Waals surface area (Å²) in [6, 6.07) is 8.21. The van der Waals surface area contributed by atoms with E-state index in [-0.39, 0.29) is 23.8 Å². The zero-order valence-corrected chi connectivity index (χ0v) is 16.3.